The normalized spacial score (nSPS) is 12.0. The van der Waals surface area contributed by atoms with Gasteiger partial charge in [-0.15, -0.1) is 5.10 Å². The number of H-pyrrole nitrogens is 1. The molecule has 0 aliphatic carbocycles. The Labute approximate surface area is 189 Å². The zero-order chi connectivity index (χ0) is 22.6. The van der Waals surface area contributed by atoms with Crippen LogP contribution in [0, 0.1) is 0 Å². The largest absolute Gasteiger partial charge is 0.445 e. The third-order valence-electron chi connectivity index (χ3n) is 5.46. The highest BCUT2D eigenvalue weighted by atomic mass is 16.5. The molecule has 2 heterocycles. The quantitative estimate of drug-likeness (QED) is 0.415. The van der Waals surface area contributed by atoms with Crippen LogP contribution in [0.4, 0.5) is 4.79 Å². The fourth-order valence-corrected chi connectivity index (χ4v) is 3.81. The number of para-hydroxylation sites is 2. The molecular formula is C25H21N5O3. The summed E-state index contributed by atoms with van der Waals surface area (Å²) in [6.45, 7) is 0.104. The highest BCUT2D eigenvalue weighted by molar-refractivity contribution is 5.94. The van der Waals surface area contributed by atoms with E-state index in [1.54, 1.807) is 12.1 Å². The Bertz CT molecular complexity index is 1420. The minimum absolute atomic E-state index is 0.104. The zero-order valence-corrected chi connectivity index (χ0v) is 17.6. The van der Waals surface area contributed by atoms with E-state index >= 15 is 0 Å². The van der Waals surface area contributed by atoms with E-state index in [1.807, 2.05) is 72.9 Å². The van der Waals surface area contributed by atoms with Crippen molar-refractivity contribution in [2.75, 3.05) is 0 Å². The SMILES string of the molecule is O=C(N[C@@H](Cc1c[nH]c2ccccc12)C(=O)n1nnc2ccccc21)OCc1ccccc1. The summed E-state index contributed by atoms with van der Waals surface area (Å²) in [6, 6.07) is 23.4. The van der Waals surface area contributed by atoms with Crippen molar-refractivity contribution in [2.45, 2.75) is 19.1 Å². The number of fused-ring (bicyclic) bond motifs is 2. The summed E-state index contributed by atoms with van der Waals surface area (Å²) in [5.41, 5.74) is 3.89. The molecule has 1 amide bonds. The number of aromatic amines is 1. The molecule has 0 saturated heterocycles. The molecule has 0 saturated carbocycles. The first-order valence-electron chi connectivity index (χ1n) is 10.6. The minimum Gasteiger partial charge on any atom is -0.445 e. The highest BCUT2D eigenvalue weighted by Crippen LogP contribution is 2.20. The van der Waals surface area contributed by atoms with E-state index in [0.29, 0.717) is 11.0 Å². The molecule has 5 rings (SSSR count). The molecule has 2 aromatic heterocycles. The molecule has 0 bridgehead atoms. The van der Waals surface area contributed by atoms with E-state index < -0.39 is 18.0 Å². The average Bonchev–Trinajstić information content (AvgIpc) is 3.47. The molecule has 8 nitrogen and oxygen atoms in total. The van der Waals surface area contributed by atoms with Gasteiger partial charge < -0.3 is 15.0 Å². The molecule has 0 unspecified atom stereocenters. The van der Waals surface area contributed by atoms with Crippen molar-refractivity contribution in [3.63, 3.8) is 0 Å². The van der Waals surface area contributed by atoms with Crippen LogP contribution < -0.4 is 5.32 Å². The number of carbonyl (C=O) groups is 2. The van der Waals surface area contributed by atoms with Gasteiger partial charge >= 0.3 is 6.09 Å². The van der Waals surface area contributed by atoms with Crippen molar-refractivity contribution < 1.29 is 14.3 Å². The predicted octanol–water partition coefficient (Wildman–Crippen LogP) is 4.09. The number of nitrogens with one attached hydrogen (secondary N) is 2. The minimum atomic E-state index is -0.905. The Kier molecular flexibility index (Phi) is 5.55. The summed E-state index contributed by atoms with van der Waals surface area (Å²) >= 11 is 0. The Hall–Kier alpha value is -4.46. The van der Waals surface area contributed by atoms with Gasteiger partial charge in [0.25, 0.3) is 5.91 Å². The van der Waals surface area contributed by atoms with Crippen LogP contribution in [-0.4, -0.2) is 38.0 Å². The number of amides is 1. The smallest absolute Gasteiger partial charge is 0.408 e. The molecule has 8 heteroatoms. The molecule has 5 aromatic rings. The third kappa shape index (κ3) is 4.31. The van der Waals surface area contributed by atoms with Gasteiger partial charge in [-0.3, -0.25) is 4.79 Å². The second-order valence-electron chi connectivity index (χ2n) is 7.65. The zero-order valence-electron chi connectivity index (χ0n) is 17.6. The second-order valence-corrected chi connectivity index (χ2v) is 7.65. The first-order valence-corrected chi connectivity index (χ1v) is 10.6. The van der Waals surface area contributed by atoms with Gasteiger partial charge in [-0.1, -0.05) is 65.9 Å². The lowest BCUT2D eigenvalue weighted by Crippen LogP contribution is -2.45. The number of aromatic nitrogens is 4. The third-order valence-corrected chi connectivity index (χ3v) is 5.46. The van der Waals surface area contributed by atoms with Gasteiger partial charge in [0.2, 0.25) is 0 Å². The molecule has 0 spiro atoms. The molecule has 1 atom stereocenters. The summed E-state index contributed by atoms with van der Waals surface area (Å²) in [4.78, 5) is 29.3. The van der Waals surface area contributed by atoms with Crippen LogP contribution in [0.2, 0.25) is 0 Å². The van der Waals surface area contributed by atoms with E-state index in [-0.39, 0.29) is 13.0 Å². The van der Waals surface area contributed by atoms with Crippen LogP contribution in [0.15, 0.2) is 85.1 Å². The molecule has 33 heavy (non-hydrogen) atoms. The van der Waals surface area contributed by atoms with E-state index in [9.17, 15) is 9.59 Å². The second kappa shape index (κ2) is 8.96. The summed E-state index contributed by atoms with van der Waals surface area (Å²) < 4.78 is 6.59. The number of benzene rings is 3. The molecule has 3 aromatic carbocycles. The first-order chi connectivity index (χ1) is 16.2. The van der Waals surface area contributed by atoms with Gasteiger partial charge in [-0.05, 0) is 29.3 Å². The summed E-state index contributed by atoms with van der Waals surface area (Å²) in [7, 11) is 0. The number of rotatable bonds is 6. The molecule has 0 fully saturated rings. The number of ether oxygens (including phenoxy) is 1. The van der Waals surface area contributed by atoms with Gasteiger partial charge in [0.05, 0.1) is 5.52 Å². The molecule has 0 radical (unpaired) electrons. The number of hydrogen-bond donors (Lipinski definition) is 2. The lowest BCUT2D eigenvalue weighted by Gasteiger charge is -2.17. The van der Waals surface area contributed by atoms with Crippen molar-refractivity contribution in [3.05, 3.63) is 96.2 Å². The van der Waals surface area contributed by atoms with E-state index in [4.69, 9.17) is 4.74 Å². The number of carbonyl (C=O) groups excluding carboxylic acids is 2. The maximum Gasteiger partial charge on any atom is 0.408 e. The molecule has 0 aliphatic rings. The molecule has 2 N–H and O–H groups in total. The number of hydrogen-bond acceptors (Lipinski definition) is 5. The van der Waals surface area contributed by atoms with Crippen molar-refractivity contribution in [2.24, 2.45) is 0 Å². The van der Waals surface area contributed by atoms with Crippen molar-refractivity contribution in [1.29, 1.82) is 0 Å². The summed E-state index contributed by atoms with van der Waals surface area (Å²) in [5, 5.41) is 11.8. The van der Waals surface area contributed by atoms with Gasteiger partial charge in [0.15, 0.2) is 0 Å². The average molecular weight is 439 g/mol. The van der Waals surface area contributed by atoms with Crippen LogP contribution in [0.3, 0.4) is 0 Å². The van der Waals surface area contributed by atoms with Crippen molar-refractivity contribution in [1.82, 2.24) is 25.3 Å². The predicted molar refractivity (Wildman–Crippen MR) is 124 cm³/mol. The Morgan fingerprint density at radius 2 is 1.73 bits per heavy atom. The maximum atomic E-state index is 13.5. The molecule has 164 valence electrons. The van der Waals surface area contributed by atoms with Gasteiger partial charge in [-0.25, -0.2) is 4.79 Å². The fourth-order valence-electron chi connectivity index (χ4n) is 3.81. The van der Waals surface area contributed by atoms with Crippen LogP contribution in [-0.2, 0) is 17.8 Å². The van der Waals surface area contributed by atoms with E-state index in [2.05, 4.69) is 20.6 Å². The Balaban J connectivity index is 1.41. The first kappa shape index (κ1) is 20.4. The topological polar surface area (TPSA) is 102 Å². The monoisotopic (exact) mass is 439 g/mol. The van der Waals surface area contributed by atoms with Gasteiger partial charge in [-0.2, -0.15) is 4.68 Å². The van der Waals surface area contributed by atoms with Crippen LogP contribution in [0.1, 0.15) is 15.9 Å². The molecule has 0 aliphatic heterocycles. The van der Waals surface area contributed by atoms with Gasteiger partial charge in [0, 0.05) is 23.5 Å². The number of alkyl carbamates (subject to hydrolysis) is 1. The van der Waals surface area contributed by atoms with Crippen molar-refractivity contribution >= 4 is 33.9 Å². The van der Waals surface area contributed by atoms with Crippen LogP contribution in [0.5, 0.6) is 0 Å². The standard InChI is InChI=1S/C25H21N5O3/c31-24(30-23-13-7-6-12-21(23)28-29-30)22(14-18-15-26-20-11-5-4-10-19(18)20)27-25(32)33-16-17-8-2-1-3-9-17/h1-13,15,22,26H,14,16H2,(H,27,32)/t22-/m0/s1. The summed E-state index contributed by atoms with van der Waals surface area (Å²) in [6.07, 6.45) is 1.43. The van der Waals surface area contributed by atoms with Crippen LogP contribution in [0.25, 0.3) is 21.9 Å². The van der Waals surface area contributed by atoms with E-state index in [1.165, 1.54) is 4.68 Å². The maximum absolute atomic E-state index is 13.5. The summed E-state index contributed by atoms with van der Waals surface area (Å²) in [5.74, 6) is -0.398. The lowest BCUT2D eigenvalue weighted by atomic mass is 10.0. The highest BCUT2D eigenvalue weighted by Gasteiger charge is 2.27. The van der Waals surface area contributed by atoms with Crippen LogP contribution >= 0.6 is 0 Å². The molecular weight excluding hydrogens is 418 g/mol. The number of nitrogens with zero attached hydrogens (tertiary/aromatic N) is 3. The Morgan fingerprint density at radius 3 is 2.61 bits per heavy atom. The van der Waals surface area contributed by atoms with Gasteiger partial charge in [0.1, 0.15) is 18.2 Å². The Morgan fingerprint density at radius 1 is 0.970 bits per heavy atom. The van der Waals surface area contributed by atoms with Crippen molar-refractivity contribution in [3.8, 4) is 0 Å². The lowest BCUT2D eigenvalue weighted by molar-refractivity contribution is 0.0824. The van der Waals surface area contributed by atoms with E-state index in [0.717, 1.165) is 22.0 Å². The fraction of sp³-hybridized carbons (Fsp3) is 0.120.